The number of phenols is 2. The first-order valence-corrected chi connectivity index (χ1v) is 12.6. The maximum Gasteiger partial charge on any atom is 0.161 e. The van der Waals surface area contributed by atoms with Gasteiger partial charge in [-0.15, -0.1) is 34.0 Å². The molecule has 3 rings (SSSR count). The Kier molecular flexibility index (Phi) is 15.1. The zero-order chi connectivity index (χ0) is 22.8. The van der Waals surface area contributed by atoms with Crippen molar-refractivity contribution in [1.82, 2.24) is 10.2 Å². The van der Waals surface area contributed by atoms with Gasteiger partial charge in [0.15, 0.2) is 11.5 Å². The molecule has 34 heavy (non-hydrogen) atoms. The second kappa shape index (κ2) is 16.6. The number of halogens is 2. The molecule has 0 heterocycles. The first kappa shape index (κ1) is 31.0. The van der Waals surface area contributed by atoms with Crippen LogP contribution in [0.1, 0.15) is 75.0 Å². The zero-order valence-electron chi connectivity index (χ0n) is 20.8. The molecule has 0 amide bonds. The normalized spacial score (nSPS) is 17.0. The lowest BCUT2D eigenvalue weighted by Crippen LogP contribution is -2.41. The summed E-state index contributed by atoms with van der Waals surface area (Å²) in [5.41, 5.74) is 3.56. The summed E-state index contributed by atoms with van der Waals surface area (Å²) >= 11 is 0. The smallest absolute Gasteiger partial charge is 0.161 e. The van der Waals surface area contributed by atoms with E-state index in [9.17, 15) is 10.2 Å². The van der Waals surface area contributed by atoms with Crippen LogP contribution >= 0.6 is 34.0 Å². The van der Waals surface area contributed by atoms with Gasteiger partial charge in [-0.3, -0.25) is 0 Å². The summed E-state index contributed by atoms with van der Waals surface area (Å²) in [7, 11) is 0. The Labute approximate surface area is 227 Å². The van der Waals surface area contributed by atoms with Crippen molar-refractivity contribution in [2.24, 2.45) is 0 Å². The van der Waals surface area contributed by atoms with E-state index in [2.05, 4.69) is 54.4 Å². The molecule has 0 aromatic heterocycles. The average Bonchev–Trinajstić information content (AvgIpc) is 2.80. The van der Waals surface area contributed by atoms with E-state index in [0.29, 0.717) is 6.04 Å². The summed E-state index contributed by atoms with van der Waals surface area (Å²) in [6.07, 6.45) is 9.37. The fourth-order valence-corrected chi connectivity index (χ4v) is 5.19. The first-order valence-electron chi connectivity index (χ1n) is 12.6. The van der Waals surface area contributed by atoms with Gasteiger partial charge >= 0.3 is 0 Å². The minimum Gasteiger partial charge on any atom is -0.504 e. The van der Waals surface area contributed by atoms with E-state index in [1.165, 1.54) is 43.2 Å². The number of rotatable bonds is 13. The Bertz CT molecular complexity index is 820. The van der Waals surface area contributed by atoms with Crippen LogP contribution in [0.2, 0.25) is 0 Å². The maximum absolute atomic E-state index is 10.3. The number of nitrogens with one attached hydrogen (secondary N) is 1. The van der Waals surface area contributed by atoms with E-state index in [-0.39, 0.29) is 51.4 Å². The molecular weight excluding hydrogens is 556 g/mol. The highest BCUT2D eigenvalue weighted by Gasteiger charge is 2.30. The molecule has 2 atom stereocenters. The third-order valence-electron chi connectivity index (χ3n) is 6.87. The molecule has 1 aliphatic carbocycles. The lowest BCUT2D eigenvalue weighted by Gasteiger charge is -2.38. The summed E-state index contributed by atoms with van der Waals surface area (Å²) in [5.74, 6) is 0.374. The van der Waals surface area contributed by atoms with Gasteiger partial charge < -0.3 is 20.4 Å². The SMILES string of the molecule is Br.Br.CCCN(CCCCCCNCCc1ccccc1)C1Cc2ccc(O)c(O)c2C(C)C1. The van der Waals surface area contributed by atoms with Gasteiger partial charge in [0, 0.05) is 11.6 Å². The number of fused-ring (bicyclic) bond motifs is 1. The summed E-state index contributed by atoms with van der Waals surface area (Å²) in [5, 5.41) is 23.8. The number of nitrogens with zero attached hydrogens (tertiary/aromatic N) is 1. The molecule has 0 saturated carbocycles. The van der Waals surface area contributed by atoms with E-state index in [0.717, 1.165) is 51.0 Å². The summed E-state index contributed by atoms with van der Waals surface area (Å²) < 4.78 is 0. The first-order chi connectivity index (χ1) is 15.6. The third kappa shape index (κ3) is 9.18. The fraction of sp³-hybridized carbons (Fsp3) is 0.571. The van der Waals surface area contributed by atoms with E-state index >= 15 is 0 Å². The van der Waals surface area contributed by atoms with Crippen molar-refractivity contribution in [3.8, 4) is 11.5 Å². The third-order valence-corrected chi connectivity index (χ3v) is 6.87. The highest BCUT2D eigenvalue weighted by Crippen LogP contribution is 2.42. The number of phenolic OH excluding ortho intramolecular Hbond substituents is 2. The molecule has 3 N–H and O–H groups in total. The highest BCUT2D eigenvalue weighted by atomic mass is 79.9. The molecule has 0 fully saturated rings. The second-order valence-corrected chi connectivity index (χ2v) is 9.44. The van der Waals surface area contributed by atoms with Crippen LogP contribution in [0.25, 0.3) is 0 Å². The van der Waals surface area contributed by atoms with E-state index in [1.54, 1.807) is 6.07 Å². The predicted octanol–water partition coefficient (Wildman–Crippen LogP) is 6.78. The van der Waals surface area contributed by atoms with Crippen LogP contribution in [-0.4, -0.2) is 47.3 Å². The molecule has 6 heteroatoms. The van der Waals surface area contributed by atoms with Gasteiger partial charge in [0.25, 0.3) is 0 Å². The molecule has 0 aliphatic heterocycles. The summed E-state index contributed by atoms with van der Waals surface area (Å²) in [6, 6.07) is 14.9. The van der Waals surface area contributed by atoms with E-state index in [4.69, 9.17) is 0 Å². The zero-order valence-corrected chi connectivity index (χ0v) is 24.3. The Morgan fingerprint density at radius 3 is 2.38 bits per heavy atom. The molecule has 0 radical (unpaired) electrons. The Balaban J connectivity index is 0.00000289. The topological polar surface area (TPSA) is 55.7 Å². The van der Waals surface area contributed by atoms with Crippen LogP contribution in [0.5, 0.6) is 11.5 Å². The molecule has 1 aliphatic rings. The molecule has 4 nitrogen and oxygen atoms in total. The van der Waals surface area contributed by atoms with Gasteiger partial charge in [0.2, 0.25) is 0 Å². The van der Waals surface area contributed by atoms with Crippen molar-refractivity contribution < 1.29 is 10.2 Å². The average molecular weight is 600 g/mol. The lowest BCUT2D eigenvalue weighted by atomic mass is 9.79. The van der Waals surface area contributed by atoms with Crippen molar-refractivity contribution in [2.45, 2.75) is 77.2 Å². The fourth-order valence-electron chi connectivity index (χ4n) is 5.19. The van der Waals surface area contributed by atoms with Gasteiger partial charge in [-0.1, -0.05) is 63.1 Å². The number of hydrogen-bond donors (Lipinski definition) is 3. The largest absolute Gasteiger partial charge is 0.504 e. The van der Waals surface area contributed by atoms with E-state index < -0.39 is 0 Å². The predicted molar refractivity (Wildman–Crippen MR) is 154 cm³/mol. The number of hydrogen-bond acceptors (Lipinski definition) is 4. The Morgan fingerprint density at radius 1 is 0.912 bits per heavy atom. The van der Waals surface area contributed by atoms with E-state index in [1.807, 2.05) is 6.07 Å². The van der Waals surface area contributed by atoms with Crippen LogP contribution in [0.4, 0.5) is 0 Å². The number of aromatic hydroxyl groups is 2. The quantitative estimate of drug-likeness (QED) is 0.175. The van der Waals surface area contributed by atoms with Gasteiger partial charge in [0.05, 0.1) is 0 Å². The van der Waals surface area contributed by atoms with Gasteiger partial charge in [-0.2, -0.15) is 0 Å². The Morgan fingerprint density at radius 2 is 1.65 bits per heavy atom. The van der Waals surface area contributed by atoms with Gasteiger partial charge in [-0.25, -0.2) is 0 Å². The highest BCUT2D eigenvalue weighted by molar-refractivity contribution is 8.93. The van der Waals surface area contributed by atoms with Crippen LogP contribution in [-0.2, 0) is 12.8 Å². The molecule has 0 bridgehead atoms. The van der Waals surface area contributed by atoms with Crippen LogP contribution < -0.4 is 5.32 Å². The van der Waals surface area contributed by atoms with Gasteiger partial charge in [-0.05, 0) is 87.8 Å². The minimum atomic E-state index is 0. The van der Waals surface area contributed by atoms with Crippen LogP contribution in [0.3, 0.4) is 0 Å². The number of benzene rings is 2. The molecule has 192 valence electrons. The van der Waals surface area contributed by atoms with Gasteiger partial charge in [0.1, 0.15) is 0 Å². The summed E-state index contributed by atoms with van der Waals surface area (Å²) in [6.45, 7) is 8.91. The second-order valence-electron chi connectivity index (χ2n) is 9.44. The standard InChI is InChI=1S/C28H42N2O2.2BrH/c1-3-18-30(25-20-22(2)27-24(21-25)13-14-26(31)28(27)32)19-10-5-4-9-16-29-17-15-23-11-7-6-8-12-23;;/h6-8,11-14,22,25,29,31-32H,3-5,9-10,15-21H2,1-2H3;2*1H. The number of unbranched alkanes of at least 4 members (excludes halogenated alkanes) is 3. The monoisotopic (exact) mass is 598 g/mol. The van der Waals surface area contributed by atoms with Crippen LogP contribution in [0.15, 0.2) is 42.5 Å². The maximum atomic E-state index is 10.3. The minimum absolute atomic E-state index is 0. The van der Waals surface area contributed by atoms with Crippen molar-refractivity contribution in [3.05, 3.63) is 59.2 Å². The molecule has 2 unspecified atom stereocenters. The lowest BCUT2D eigenvalue weighted by molar-refractivity contribution is 0.167. The van der Waals surface area contributed by atoms with Crippen LogP contribution in [0, 0.1) is 0 Å². The van der Waals surface area contributed by atoms with Crippen molar-refractivity contribution >= 4 is 34.0 Å². The molecule has 0 saturated heterocycles. The summed E-state index contributed by atoms with van der Waals surface area (Å²) in [4.78, 5) is 2.67. The van der Waals surface area contributed by atoms with Crippen molar-refractivity contribution in [1.29, 1.82) is 0 Å². The molecular formula is C28H44Br2N2O2. The molecule has 2 aromatic rings. The van der Waals surface area contributed by atoms with Crippen molar-refractivity contribution in [3.63, 3.8) is 0 Å². The molecule has 0 spiro atoms. The Hall–Kier alpha value is -1.08. The molecule has 2 aromatic carbocycles. The van der Waals surface area contributed by atoms with Crippen molar-refractivity contribution in [2.75, 3.05) is 26.2 Å².